The quantitative estimate of drug-likeness (QED) is 0.326. The minimum absolute atomic E-state index is 0.0972. The molecule has 1 rings (SSSR count). The van der Waals surface area contributed by atoms with Gasteiger partial charge in [-0.05, 0) is 6.92 Å². The highest BCUT2D eigenvalue weighted by molar-refractivity contribution is 4.89. The maximum absolute atomic E-state index is 9.17. The first-order valence-electron chi connectivity index (χ1n) is 3.52. The van der Waals surface area contributed by atoms with Crippen LogP contribution >= 0.6 is 0 Å². The van der Waals surface area contributed by atoms with Gasteiger partial charge in [-0.25, -0.2) is 4.90 Å². The van der Waals surface area contributed by atoms with Gasteiger partial charge in [-0.1, -0.05) is 0 Å². The molecule has 5 nitrogen and oxygen atoms in total. The fourth-order valence-corrected chi connectivity index (χ4v) is 1.31. The lowest BCUT2D eigenvalue weighted by molar-refractivity contribution is -0.162. The molecule has 3 atom stereocenters. The summed E-state index contributed by atoms with van der Waals surface area (Å²) >= 11 is 0. The Morgan fingerprint density at radius 2 is 1.91 bits per heavy atom. The number of likely N-dealkylation sites (tertiary alicyclic amines) is 1. The van der Waals surface area contributed by atoms with Gasteiger partial charge in [-0.3, -0.25) is 0 Å². The van der Waals surface area contributed by atoms with Gasteiger partial charge in [0.2, 0.25) is 6.41 Å². The summed E-state index contributed by atoms with van der Waals surface area (Å²) < 4.78 is 0. The molecule has 0 aliphatic carbocycles. The van der Waals surface area contributed by atoms with E-state index >= 15 is 0 Å². The molecule has 1 aliphatic rings. The van der Waals surface area contributed by atoms with E-state index in [1.54, 1.807) is 6.92 Å². The number of aliphatic hydroxyl groups is 4. The van der Waals surface area contributed by atoms with E-state index in [0.717, 1.165) is 0 Å². The minimum atomic E-state index is -1.60. The van der Waals surface area contributed by atoms with Crippen LogP contribution in [-0.4, -0.2) is 56.5 Å². The summed E-state index contributed by atoms with van der Waals surface area (Å²) in [5.41, 5.74) is 0. The van der Waals surface area contributed by atoms with Gasteiger partial charge >= 0.3 is 0 Å². The molecular formula is C6H13NO4. The van der Waals surface area contributed by atoms with E-state index in [-0.39, 0.29) is 6.54 Å². The Bertz CT molecular complexity index is 141. The highest BCUT2D eigenvalue weighted by Crippen LogP contribution is 2.18. The lowest BCUT2D eigenvalue weighted by atomic mass is 10.2. The number of hydrogen-bond donors (Lipinski definition) is 4. The molecule has 4 N–H and O–H groups in total. The summed E-state index contributed by atoms with van der Waals surface area (Å²) in [6.45, 7) is 1.72. The average Bonchev–Trinajstić information content (AvgIpc) is 2.17. The normalized spacial score (nSPS) is 40.4. The van der Waals surface area contributed by atoms with Crippen LogP contribution in [-0.2, 0) is 0 Å². The maximum Gasteiger partial charge on any atom is 0.213 e. The Morgan fingerprint density at radius 3 is 2.09 bits per heavy atom. The molecule has 5 heteroatoms. The zero-order valence-corrected chi connectivity index (χ0v) is 6.25. The molecule has 11 heavy (non-hydrogen) atoms. The number of aliphatic hydroxyl groups excluding tert-OH is 3. The Kier molecular flexibility index (Phi) is 2.46. The smallest absolute Gasteiger partial charge is 0.213 e. The van der Waals surface area contributed by atoms with Crippen molar-refractivity contribution in [3.63, 3.8) is 0 Å². The first-order chi connectivity index (χ1) is 5.04. The molecule has 0 aromatic rings. The largest absolute Gasteiger partial charge is 0.389 e. The predicted molar refractivity (Wildman–Crippen MR) is 36.4 cm³/mol. The summed E-state index contributed by atoms with van der Waals surface area (Å²) in [7, 11) is 0. The maximum atomic E-state index is 9.17. The number of β-amino-alcohol motifs (C(OH)–C–C–N with tert-alkyl or cyclic N) is 1. The molecule has 0 spiro atoms. The van der Waals surface area contributed by atoms with E-state index < -0.39 is 24.7 Å². The monoisotopic (exact) mass is 163 g/mol. The molecular weight excluding hydrogens is 150 g/mol. The second-order valence-electron chi connectivity index (χ2n) is 2.84. The fraction of sp³-hybridized carbons (Fsp3) is 1.00. The van der Waals surface area contributed by atoms with Gasteiger partial charge in [-0.2, -0.15) is 0 Å². The van der Waals surface area contributed by atoms with Gasteiger partial charge in [0, 0.05) is 12.6 Å². The number of hydrogen-bond acceptors (Lipinski definition) is 5. The van der Waals surface area contributed by atoms with E-state index in [1.165, 1.54) is 4.90 Å². The predicted octanol–water partition coefficient (Wildman–Crippen LogP) is -2.32. The van der Waals surface area contributed by atoms with Crippen molar-refractivity contribution in [3.8, 4) is 0 Å². The number of rotatable bonds is 1. The summed E-state index contributed by atoms with van der Waals surface area (Å²) in [4.78, 5) is 1.22. The third-order valence-corrected chi connectivity index (χ3v) is 2.11. The van der Waals surface area contributed by atoms with Gasteiger partial charge in [0.05, 0.1) is 12.2 Å². The molecule has 0 bridgehead atoms. The molecule has 1 fully saturated rings. The Hall–Kier alpha value is -0.200. The van der Waals surface area contributed by atoms with Crippen molar-refractivity contribution in [2.75, 3.05) is 6.54 Å². The molecule has 0 aromatic carbocycles. The second-order valence-corrected chi connectivity index (χ2v) is 2.84. The van der Waals surface area contributed by atoms with Crippen LogP contribution in [0.2, 0.25) is 0 Å². The van der Waals surface area contributed by atoms with Gasteiger partial charge < -0.3 is 20.4 Å². The summed E-state index contributed by atoms with van der Waals surface area (Å²) in [6, 6.07) is -0.412. The van der Waals surface area contributed by atoms with Crippen molar-refractivity contribution in [1.82, 2.24) is 4.90 Å². The van der Waals surface area contributed by atoms with Crippen molar-refractivity contribution in [2.45, 2.75) is 31.6 Å². The second kappa shape index (κ2) is 3.04. The Balaban J connectivity index is 2.59. The zero-order valence-electron chi connectivity index (χ0n) is 6.25. The molecule has 0 aromatic heterocycles. The summed E-state index contributed by atoms with van der Waals surface area (Å²) in [5.74, 6) is 0. The van der Waals surface area contributed by atoms with Gasteiger partial charge in [0.25, 0.3) is 0 Å². The third-order valence-electron chi connectivity index (χ3n) is 2.11. The molecule has 66 valence electrons. The van der Waals surface area contributed by atoms with Crippen LogP contribution in [0, 0.1) is 0 Å². The standard InChI is InChI=1S/C6H13NO4/c1-3-5(9)4(8)2-7(3)6(10)11/h3-6,8-11H,2H2,1H3/t3-,4+,5+/m0/s1. The van der Waals surface area contributed by atoms with Gasteiger partial charge in [0.1, 0.15) is 0 Å². The topological polar surface area (TPSA) is 84.2 Å². The average molecular weight is 163 g/mol. The van der Waals surface area contributed by atoms with Crippen LogP contribution in [0.25, 0.3) is 0 Å². The highest BCUT2D eigenvalue weighted by atomic mass is 16.5. The van der Waals surface area contributed by atoms with Crippen LogP contribution in [0.3, 0.4) is 0 Å². The molecule has 0 amide bonds. The van der Waals surface area contributed by atoms with E-state index in [2.05, 4.69) is 0 Å². The molecule has 1 aliphatic heterocycles. The van der Waals surface area contributed by atoms with Crippen molar-refractivity contribution in [3.05, 3.63) is 0 Å². The van der Waals surface area contributed by atoms with E-state index in [0.29, 0.717) is 0 Å². The van der Waals surface area contributed by atoms with Crippen LogP contribution < -0.4 is 0 Å². The van der Waals surface area contributed by atoms with Crippen LogP contribution in [0.15, 0.2) is 0 Å². The molecule has 0 radical (unpaired) electrons. The number of nitrogens with zero attached hydrogens (tertiary/aromatic N) is 1. The molecule has 1 saturated heterocycles. The van der Waals surface area contributed by atoms with E-state index in [4.69, 9.17) is 15.3 Å². The van der Waals surface area contributed by atoms with E-state index in [9.17, 15) is 5.11 Å². The fourth-order valence-electron chi connectivity index (χ4n) is 1.31. The Labute approximate surface area is 64.5 Å². The minimum Gasteiger partial charge on any atom is -0.389 e. The lowest BCUT2D eigenvalue weighted by Crippen LogP contribution is -2.40. The van der Waals surface area contributed by atoms with Crippen molar-refractivity contribution in [1.29, 1.82) is 0 Å². The summed E-state index contributed by atoms with van der Waals surface area (Å²) in [5, 5.41) is 35.7. The van der Waals surface area contributed by atoms with E-state index in [1.807, 2.05) is 0 Å². The van der Waals surface area contributed by atoms with Crippen LogP contribution in [0.4, 0.5) is 0 Å². The van der Waals surface area contributed by atoms with Crippen molar-refractivity contribution in [2.24, 2.45) is 0 Å². The SMILES string of the molecule is C[C@H]1[C@@H](O)[C@H](O)CN1C(O)O. The van der Waals surface area contributed by atoms with Crippen LogP contribution in [0.5, 0.6) is 0 Å². The molecule has 0 unspecified atom stereocenters. The highest BCUT2D eigenvalue weighted by Gasteiger charge is 2.39. The van der Waals surface area contributed by atoms with Crippen molar-refractivity contribution < 1.29 is 20.4 Å². The molecule has 1 heterocycles. The lowest BCUT2D eigenvalue weighted by Gasteiger charge is -2.22. The Morgan fingerprint density at radius 1 is 1.36 bits per heavy atom. The van der Waals surface area contributed by atoms with Gasteiger partial charge in [0.15, 0.2) is 0 Å². The van der Waals surface area contributed by atoms with Gasteiger partial charge in [-0.15, -0.1) is 0 Å². The van der Waals surface area contributed by atoms with Crippen LogP contribution in [0.1, 0.15) is 6.92 Å². The zero-order chi connectivity index (χ0) is 8.59. The molecule has 0 saturated carbocycles. The van der Waals surface area contributed by atoms with Crippen molar-refractivity contribution >= 4 is 0 Å². The summed E-state index contributed by atoms with van der Waals surface area (Å²) in [6.07, 6.45) is -3.37. The first-order valence-corrected chi connectivity index (χ1v) is 3.52. The third kappa shape index (κ3) is 1.52. The first kappa shape index (κ1) is 8.89.